The van der Waals surface area contributed by atoms with E-state index in [-0.39, 0.29) is 11.6 Å². The number of aromatic nitrogens is 2. The molecule has 0 aliphatic carbocycles. The number of rotatable bonds is 4. The van der Waals surface area contributed by atoms with E-state index in [9.17, 15) is 8.42 Å². The van der Waals surface area contributed by atoms with Crippen LogP contribution in [0.4, 0.5) is 0 Å². The Morgan fingerprint density at radius 1 is 1.53 bits per heavy atom. The predicted octanol–water partition coefficient (Wildman–Crippen LogP) is 1.59. The molecule has 1 N–H and O–H groups in total. The van der Waals surface area contributed by atoms with Crippen molar-refractivity contribution >= 4 is 26.0 Å². The van der Waals surface area contributed by atoms with Gasteiger partial charge in [-0.15, -0.1) is 0 Å². The maximum atomic E-state index is 12.0. The third kappa shape index (κ3) is 2.59. The van der Waals surface area contributed by atoms with Gasteiger partial charge in [-0.2, -0.15) is 4.31 Å². The van der Waals surface area contributed by atoms with Crippen molar-refractivity contribution in [1.29, 1.82) is 0 Å². The molecule has 0 saturated carbocycles. The first-order valence-corrected chi connectivity index (χ1v) is 6.92. The second-order valence-corrected chi connectivity index (χ2v) is 6.18. The summed E-state index contributed by atoms with van der Waals surface area (Å²) in [4.78, 5) is 6.26. The van der Waals surface area contributed by atoms with Crippen LogP contribution in [-0.4, -0.2) is 29.7 Å². The summed E-state index contributed by atoms with van der Waals surface area (Å²) < 4.78 is 31.0. The van der Waals surface area contributed by atoms with Crippen molar-refractivity contribution in [2.45, 2.75) is 11.6 Å². The van der Waals surface area contributed by atoms with Crippen LogP contribution in [-0.2, 0) is 16.6 Å². The van der Waals surface area contributed by atoms with Gasteiger partial charge < -0.3 is 9.40 Å². The predicted molar refractivity (Wildman–Crippen MR) is 63.6 cm³/mol. The van der Waals surface area contributed by atoms with Gasteiger partial charge in [0.05, 0.1) is 19.1 Å². The fraction of sp³-hybridized carbons (Fsp3) is 0.222. The Balaban J connectivity index is 2.18. The highest BCUT2D eigenvalue weighted by atomic mass is 79.9. The lowest BCUT2D eigenvalue weighted by Gasteiger charge is -2.13. The summed E-state index contributed by atoms with van der Waals surface area (Å²) in [5, 5.41) is 0.0608. The zero-order valence-corrected chi connectivity index (χ0v) is 11.3. The topological polar surface area (TPSA) is 79.2 Å². The van der Waals surface area contributed by atoms with Crippen molar-refractivity contribution in [2.75, 3.05) is 7.05 Å². The third-order valence-corrected chi connectivity index (χ3v) is 4.32. The third-order valence-electron chi connectivity index (χ3n) is 2.17. The molecule has 0 radical (unpaired) electrons. The van der Waals surface area contributed by atoms with E-state index in [1.54, 1.807) is 12.1 Å². The molecule has 0 aromatic carbocycles. The van der Waals surface area contributed by atoms with Crippen LogP contribution >= 0.6 is 15.9 Å². The van der Waals surface area contributed by atoms with Crippen molar-refractivity contribution < 1.29 is 12.8 Å². The molecule has 0 aliphatic rings. The standard InChI is InChI=1S/C9H10BrN3O3S/c1-13(5-7-2-3-8(10)16-7)17(14,15)9-4-11-6-12-9/h2-4,6H,5H2,1H3,(H,11,12). The average molecular weight is 320 g/mol. The molecule has 17 heavy (non-hydrogen) atoms. The van der Waals surface area contributed by atoms with Gasteiger partial charge in [-0.3, -0.25) is 0 Å². The quantitative estimate of drug-likeness (QED) is 0.928. The van der Waals surface area contributed by atoms with Crippen LogP contribution in [0.5, 0.6) is 0 Å². The number of hydrogen-bond donors (Lipinski definition) is 1. The fourth-order valence-electron chi connectivity index (χ4n) is 1.29. The summed E-state index contributed by atoms with van der Waals surface area (Å²) in [5.41, 5.74) is 0. The number of imidazole rings is 1. The Hall–Kier alpha value is -1.12. The van der Waals surface area contributed by atoms with Gasteiger partial charge in [0.15, 0.2) is 9.70 Å². The maximum absolute atomic E-state index is 12.0. The van der Waals surface area contributed by atoms with Crippen molar-refractivity contribution in [3.05, 3.63) is 35.1 Å². The van der Waals surface area contributed by atoms with E-state index in [4.69, 9.17) is 4.42 Å². The number of furan rings is 1. The maximum Gasteiger partial charge on any atom is 0.260 e. The zero-order chi connectivity index (χ0) is 12.5. The summed E-state index contributed by atoms with van der Waals surface area (Å²) in [7, 11) is -2.07. The van der Waals surface area contributed by atoms with Crippen LogP contribution in [0.2, 0.25) is 0 Å². The van der Waals surface area contributed by atoms with Gasteiger partial charge in [-0.1, -0.05) is 0 Å². The first-order valence-electron chi connectivity index (χ1n) is 4.69. The second kappa shape index (κ2) is 4.63. The highest BCUT2D eigenvalue weighted by Crippen LogP contribution is 2.18. The normalized spacial score (nSPS) is 12.2. The average Bonchev–Trinajstić information content (AvgIpc) is 2.89. The molecule has 2 rings (SSSR count). The lowest BCUT2D eigenvalue weighted by molar-refractivity contribution is 0.397. The number of nitrogens with zero attached hydrogens (tertiary/aromatic N) is 2. The van der Waals surface area contributed by atoms with Gasteiger partial charge in [-0.05, 0) is 28.1 Å². The van der Waals surface area contributed by atoms with E-state index in [0.29, 0.717) is 10.4 Å². The molecule has 0 unspecified atom stereocenters. The Kier molecular flexibility index (Phi) is 3.36. The summed E-state index contributed by atoms with van der Waals surface area (Å²) in [6.07, 6.45) is 2.59. The van der Waals surface area contributed by atoms with Crippen LogP contribution < -0.4 is 0 Å². The number of hydrogen-bond acceptors (Lipinski definition) is 4. The number of aromatic amines is 1. The Morgan fingerprint density at radius 2 is 2.29 bits per heavy atom. The van der Waals surface area contributed by atoms with Gasteiger partial charge >= 0.3 is 0 Å². The van der Waals surface area contributed by atoms with Gasteiger partial charge in [0.2, 0.25) is 0 Å². The number of halogens is 1. The first kappa shape index (κ1) is 12.3. The number of sulfonamides is 1. The van der Waals surface area contributed by atoms with E-state index in [0.717, 1.165) is 0 Å². The van der Waals surface area contributed by atoms with Crippen LogP contribution in [0.15, 0.2) is 38.8 Å². The van der Waals surface area contributed by atoms with E-state index in [2.05, 4.69) is 25.9 Å². The largest absolute Gasteiger partial charge is 0.453 e. The molecular formula is C9H10BrN3O3S. The first-order chi connectivity index (χ1) is 8.00. The molecule has 6 nitrogen and oxygen atoms in total. The van der Waals surface area contributed by atoms with Crippen molar-refractivity contribution in [3.63, 3.8) is 0 Å². The fourth-order valence-corrected chi connectivity index (χ4v) is 2.66. The second-order valence-electron chi connectivity index (χ2n) is 3.38. The summed E-state index contributed by atoms with van der Waals surface area (Å²) >= 11 is 3.16. The lowest BCUT2D eigenvalue weighted by Crippen LogP contribution is -2.26. The summed E-state index contributed by atoms with van der Waals surface area (Å²) in [6.45, 7) is 0.160. The molecule has 2 aromatic heterocycles. The molecule has 0 fully saturated rings. The zero-order valence-electron chi connectivity index (χ0n) is 8.92. The molecule has 0 amide bonds. The van der Waals surface area contributed by atoms with Crippen molar-refractivity contribution in [1.82, 2.24) is 14.3 Å². The van der Waals surface area contributed by atoms with Gasteiger partial charge in [0.1, 0.15) is 5.76 Å². The lowest BCUT2D eigenvalue weighted by atomic mass is 10.4. The van der Waals surface area contributed by atoms with Crippen molar-refractivity contribution in [2.24, 2.45) is 0 Å². The SMILES string of the molecule is CN(Cc1ccc(Br)o1)S(=O)(=O)c1cnc[nH]1. The smallest absolute Gasteiger partial charge is 0.260 e. The van der Waals surface area contributed by atoms with E-state index in [1.807, 2.05) is 0 Å². The molecule has 0 bridgehead atoms. The highest BCUT2D eigenvalue weighted by molar-refractivity contribution is 9.10. The Bertz CT molecular complexity index is 591. The van der Waals surface area contributed by atoms with Gasteiger partial charge in [-0.25, -0.2) is 13.4 Å². The molecule has 0 atom stereocenters. The molecule has 8 heteroatoms. The number of H-pyrrole nitrogens is 1. The summed E-state index contributed by atoms with van der Waals surface area (Å²) in [6, 6.07) is 3.43. The minimum atomic E-state index is -3.54. The molecule has 92 valence electrons. The molecule has 0 spiro atoms. The monoisotopic (exact) mass is 319 g/mol. The van der Waals surface area contributed by atoms with Gasteiger partial charge in [0.25, 0.3) is 10.0 Å². The van der Waals surface area contributed by atoms with E-state index in [1.165, 1.54) is 23.9 Å². The van der Waals surface area contributed by atoms with Crippen LogP contribution in [0.25, 0.3) is 0 Å². The van der Waals surface area contributed by atoms with Crippen LogP contribution in [0.3, 0.4) is 0 Å². The minimum Gasteiger partial charge on any atom is -0.453 e. The van der Waals surface area contributed by atoms with Crippen LogP contribution in [0.1, 0.15) is 5.76 Å². The minimum absolute atomic E-state index is 0.0608. The molecule has 2 heterocycles. The van der Waals surface area contributed by atoms with Gasteiger partial charge in [0, 0.05) is 7.05 Å². The van der Waals surface area contributed by atoms with E-state index >= 15 is 0 Å². The highest BCUT2D eigenvalue weighted by Gasteiger charge is 2.23. The molecule has 0 aliphatic heterocycles. The molecule has 2 aromatic rings. The van der Waals surface area contributed by atoms with Crippen molar-refractivity contribution in [3.8, 4) is 0 Å². The van der Waals surface area contributed by atoms with E-state index < -0.39 is 10.0 Å². The number of nitrogens with one attached hydrogen (secondary N) is 1. The Morgan fingerprint density at radius 3 is 2.82 bits per heavy atom. The molecule has 0 saturated heterocycles. The van der Waals surface area contributed by atoms with Crippen LogP contribution in [0, 0.1) is 0 Å². The summed E-state index contributed by atoms with van der Waals surface area (Å²) in [5.74, 6) is 0.558. The molecular weight excluding hydrogens is 310 g/mol. The Labute approximate surface area is 107 Å².